The van der Waals surface area contributed by atoms with Gasteiger partial charge < -0.3 is 0 Å². The zero-order valence-electron chi connectivity index (χ0n) is 14.3. The van der Waals surface area contributed by atoms with Crippen LogP contribution in [0.4, 0.5) is 0 Å². The van der Waals surface area contributed by atoms with Gasteiger partial charge in [0.2, 0.25) is 0 Å². The first-order valence-corrected chi connectivity index (χ1v) is 8.58. The van der Waals surface area contributed by atoms with Gasteiger partial charge in [-0.3, -0.25) is 4.90 Å². The molecular formula is C20H26BrN. The van der Waals surface area contributed by atoms with Gasteiger partial charge >= 0.3 is 0 Å². The SMILES string of the molecule is Cc1cccc(Br)c1CN(C)Cc1ccc(C(C)(C)C)cc1. The van der Waals surface area contributed by atoms with Crippen LogP contribution >= 0.6 is 15.9 Å². The molecule has 0 aliphatic heterocycles. The summed E-state index contributed by atoms with van der Waals surface area (Å²) in [6.45, 7) is 10.9. The molecule has 0 atom stereocenters. The van der Waals surface area contributed by atoms with Gasteiger partial charge in [0.25, 0.3) is 0 Å². The Labute approximate surface area is 143 Å². The van der Waals surface area contributed by atoms with E-state index in [0.29, 0.717) is 0 Å². The van der Waals surface area contributed by atoms with Gasteiger partial charge in [-0.1, -0.05) is 73.1 Å². The molecule has 0 aliphatic rings. The summed E-state index contributed by atoms with van der Waals surface area (Å²) >= 11 is 3.67. The lowest BCUT2D eigenvalue weighted by molar-refractivity contribution is 0.317. The predicted molar refractivity (Wildman–Crippen MR) is 99.2 cm³/mol. The summed E-state index contributed by atoms with van der Waals surface area (Å²) in [5.41, 5.74) is 5.68. The van der Waals surface area contributed by atoms with Crippen LogP contribution in [0.5, 0.6) is 0 Å². The van der Waals surface area contributed by atoms with Gasteiger partial charge in [0.1, 0.15) is 0 Å². The third-order valence-electron chi connectivity index (χ3n) is 4.05. The Morgan fingerprint density at radius 1 is 0.955 bits per heavy atom. The first-order valence-electron chi connectivity index (χ1n) is 7.79. The van der Waals surface area contributed by atoms with E-state index in [9.17, 15) is 0 Å². The molecule has 2 heteroatoms. The first-order chi connectivity index (χ1) is 10.3. The van der Waals surface area contributed by atoms with Crippen molar-refractivity contribution in [3.63, 3.8) is 0 Å². The molecular weight excluding hydrogens is 334 g/mol. The van der Waals surface area contributed by atoms with Crippen LogP contribution in [0.1, 0.15) is 43.0 Å². The number of benzene rings is 2. The zero-order chi connectivity index (χ0) is 16.3. The molecule has 0 N–H and O–H groups in total. The topological polar surface area (TPSA) is 3.24 Å². The van der Waals surface area contributed by atoms with Crippen LogP contribution in [0.2, 0.25) is 0 Å². The van der Waals surface area contributed by atoms with Crippen LogP contribution in [-0.4, -0.2) is 11.9 Å². The lowest BCUT2D eigenvalue weighted by atomic mass is 9.87. The molecule has 0 aromatic heterocycles. The molecule has 0 aliphatic carbocycles. The van der Waals surface area contributed by atoms with Crippen LogP contribution in [-0.2, 0) is 18.5 Å². The number of hydrogen-bond donors (Lipinski definition) is 0. The third kappa shape index (κ3) is 4.44. The molecule has 0 heterocycles. The maximum atomic E-state index is 3.67. The largest absolute Gasteiger partial charge is 0.298 e. The molecule has 0 radical (unpaired) electrons. The van der Waals surface area contributed by atoms with Crippen molar-refractivity contribution in [1.29, 1.82) is 0 Å². The summed E-state index contributed by atoms with van der Waals surface area (Å²) in [6, 6.07) is 15.4. The summed E-state index contributed by atoms with van der Waals surface area (Å²) in [5, 5.41) is 0. The van der Waals surface area contributed by atoms with Crippen molar-refractivity contribution >= 4 is 15.9 Å². The average Bonchev–Trinajstić information content (AvgIpc) is 2.43. The number of aryl methyl sites for hydroxylation is 1. The maximum absolute atomic E-state index is 3.67. The number of hydrogen-bond acceptors (Lipinski definition) is 1. The van der Waals surface area contributed by atoms with Crippen molar-refractivity contribution in [3.05, 3.63) is 69.2 Å². The number of rotatable bonds is 4. The lowest BCUT2D eigenvalue weighted by Crippen LogP contribution is -2.18. The Kier molecular flexibility index (Phi) is 5.46. The first kappa shape index (κ1) is 17.2. The molecule has 0 spiro atoms. The molecule has 0 fully saturated rings. The van der Waals surface area contributed by atoms with E-state index in [1.165, 1.54) is 26.7 Å². The second-order valence-electron chi connectivity index (χ2n) is 7.15. The Morgan fingerprint density at radius 3 is 2.14 bits per heavy atom. The highest BCUT2D eigenvalue weighted by Gasteiger charge is 2.13. The van der Waals surface area contributed by atoms with E-state index in [2.05, 4.69) is 98.0 Å². The highest BCUT2D eigenvalue weighted by molar-refractivity contribution is 9.10. The molecule has 2 aromatic carbocycles. The third-order valence-corrected chi connectivity index (χ3v) is 4.80. The van der Waals surface area contributed by atoms with Crippen molar-refractivity contribution in [1.82, 2.24) is 4.90 Å². The van der Waals surface area contributed by atoms with E-state index in [1.54, 1.807) is 0 Å². The fourth-order valence-corrected chi connectivity index (χ4v) is 3.21. The molecule has 2 rings (SSSR count). The normalized spacial score (nSPS) is 12.0. The minimum Gasteiger partial charge on any atom is -0.298 e. The predicted octanol–water partition coefficient (Wildman–Crippen LogP) is 5.69. The molecule has 0 saturated heterocycles. The monoisotopic (exact) mass is 359 g/mol. The number of nitrogens with zero attached hydrogens (tertiary/aromatic N) is 1. The van der Waals surface area contributed by atoms with Gasteiger partial charge in [0.05, 0.1) is 0 Å². The van der Waals surface area contributed by atoms with Gasteiger partial charge in [0.15, 0.2) is 0 Å². The zero-order valence-corrected chi connectivity index (χ0v) is 15.9. The lowest BCUT2D eigenvalue weighted by Gasteiger charge is -2.21. The van der Waals surface area contributed by atoms with E-state index in [4.69, 9.17) is 0 Å². The van der Waals surface area contributed by atoms with E-state index in [1.807, 2.05) is 0 Å². The van der Waals surface area contributed by atoms with Gasteiger partial charge in [-0.05, 0) is 47.7 Å². The van der Waals surface area contributed by atoms with Crippen LogP contribution in [0, 0.1) is 6.92 Å². The van der Waals surface area contributed by atoms with Crippen LogP contribution < -0.4 is 0 Å². The highest BCUT2D eigenvalue weighted by Crippen LogP contribution is 2.24. The van der Waals surface area contributed by atoms with Gasteiger partial charge in [-0.25, -0.2) is 0 Å². The summed E-state index contributed by atoms with van der Waals surface area (Å²) in [6.07, 6.45) is 0. The standard InChI is InChI=1S/C20H26BrN/c1-15-7-6-8-19(21)18(15)14-22(5)13-16-9-11-17(12-10-16)20(2,3)4/h6-12H,13-14H2,1-5H3. The van der Waals surface area contributed by atoms with Crippen LogP contribution in [0.25, 0.3) is 0 Å². The molecule has 0 saturated carbocycles. The second kappa shape index (κ2) is 6.97. The Balaban J connectivity index is 2.05. The molecule has 118 valence electrons. The molecule has 22 heavy (non-hydrogen) atoms. The summed E-state index contributed by atoms with van der Waals surface area (Å²) in [7, 11) is 2.18. The van der Waals surface area contributed by atoms with Crippen molar-refractivity contribution < 1.29 is 0 Å². The highest BCUT2D eigenvalue weighted by atomic mass is 79.9. The van der Waals surface area contributed by atoms with E-state index < -0.39 is 0 Å². The van der Waals surface area contributed by atoms with Crippen molar-refractivity contribution in [3.8, 4) is 0 Å². The second-order valence-corrected chi connectivity index (χ2v) is 8.01. The van der Waals surface area contributed by atoms with Crippen molar-refractivity contribution in [2.24, 2.45) is 0 Å². The van der Waals surface area contributed by atoms with E-state index in [0.717, 1.165) is 13.1 Å². The Hall–Kier alpha value is -1.12. The van der Waals surface area contributed by atoms with E-state index >= 15 is 0 Å². The van der Waals surface area contributed by atoms with Crippen molar-refractivity contribution in [2.75, 3.05) is 7.05 Å². The summed E-state index contributed by atoms with van der Waals surface area (Å²) in [4.78, 5) is 2.36. The van der Waals surface area contributed by atoms with E-state index in [-0.39, 0.29) is 5.41 Å². The maximum Gasteiger partial charge on any atom is 0.0248 e. The molecule has 1 nitrogen and oxygen atoms in total. The Bertz CT molecular complexity index is 603. The van der Waals surface area contributed by atoms with Gasteiger partial charge in [0, 0.05) is 17.6 Å². The molecule has 0 amide bonds. The smallest absolute Gasteiger partial charge is 0.0248 e. The fraction of sp³-hybridized carbons (Fsp3) is 0.400. The number of halogens is 1. The molecule has 2 aromatic rings. The minimum absolute atomic E-state index is 0.219. The molecule has 0 unspecified atom stereocenters. The molecule has 0 bridgehead atoms. The summed E-state index contributed by atoms with van der Waals surface area (Å²) in [5.74, 6) is 0. The van der Waals surface area contributed by atoms with Gasteiger partial charge in [-0.15, -0.1) is 0 Å². The van der Waals surface area contributed by atoms with Gasteiger partial charge in [-0.2, -0.15) is 0 Å². The van der Waals surface area contributed by atoms with Crippen LogP contribution in [0.15, 0.2) is 46.9 Å². The average molecular weight is 360 g/mol. The fourth-order valence-electron chi connectivity index (χ4n) is 2.61. The van der Waals surface area contributed by atoms with Crippen LogP contribution in [0.3, 0.4) is 0 Å². The quantitative estimate of drug-likeness (QED) is 0.677. The summed E-state index contributed by atoms with van der Waals surface area (Å²) < 4.78 is 1.20. The Morgan fingerprint density at radius 2 is 1.59 bits per heavy atom. The van der Waals surface area contributed by atoms with Crippen molar-refractivity contribution in [2.45, 2.75) is 46.2 Å². The minimum atomic E-state index is 0.219.